The molecule has 0 spiro atoms. The highest BCUT2D eigenvalue weighted by molar-refractivity contribution is 7.92. The standard InChI is InChI=1S/C21H24N4O5S/c1-5-19-22-20(30-23-19)13-25(3)21(26)15-7-6-14(2)18(12-15)31(27,28)24-16-8-10-17(29-4)11-9-16/h6-12,24H,5,13H2,1-4H3. The van der Waals surface area contributed by atoms with Gasteiger partial charge in [0.2, 0.25) is 5.89 Å². The van der Waals surface area contributed by atoms with Gasteiger partial charge in [-0.25, -0.2) is 8.42 Å². The number of carbonyl (C=O) groups is 1. The highest BCUT2D eigenvalue weighted by atomic mass is 32.2. The number of aryl methyl sites for hydroxylation is 2. The Kier molecular flexibility index (Phi) is 6.59. The van der Waals surface area contributed by atoms with Gasteiger partial charge in [0.15, 0.2) is 5.82 Å². The molecule has 0 bridgehead atoms. The van der Waals surface area contributed by atoms with Crippen LogP contribution in [0, 0.1) is 6.92 Å². The molecule has 3 aromatic rings. The molecule has 2 aromatic carbocycles. The number of aromatic nitrogens is 2. The van der Waals surface area contributed by atoms with Crippen molar-refractivity contribution in [3.8, 4) is 5.75 Å². The number of hydrogen-bond acceptors (Lipinski definition) is 7. The zero-order chi connectivity index (χ0) is 22.6. The van der Waals surface area contributed by atoms with Crippen LogP contribution in [0.3, 0.4) is 0 Å². The van der Waals surface area contributed by atoms with Crippen LogP contribution in [0.15, 0.2) is 51.9 Å². The first-order chi connectivity index (χ1) is 14.7. The van der Waals surface area contributed by atoms with E-state index in [-0.39, 0.29) is 22.9 Å². The summed E-state index contributed by atoms with van der Waals surface area (Å²) in [4.78, 5) is 18.5. The highest BCUT2D eigenvalue weighted by Gasteiger charge is 2.22. The molecular weight excluding hydrogens is 420 g/mol. The topological polar surface area (TPSA) is 115 Å². The number of hydrogen-bond donors (Lipinski definition) is 1. The van der Waals surface area contributed by atoms with E-state index in [1.165, 1.54) is 18.1 Å². The molecule has 1 N–H and O–H groups in total. The summed E-state index contributed by atoms with van der Waals surface area (Å²) in [6, 6.07) is 11.1. The number of nitrogens with zero attached hydrogens (tertiary/aromatic N) is 3. The van der Waals surface area contributed by atoms with Gasteiger partial charge in [0, 0.05) is 24.7 Å². The van der Waals surface area contributed by atoms with Gasteiger partial charge in [-0.15, -0.1) is 0 Å². The molecule has 1 heterocycles. The van der Waals surface area contributed by atoms with Gasteiger partial charge < -0.3 is 14.2 Å². The van der Waals surface area contributed by atoms with E-state index in [1.54, 1.807) is 50.4 Å². The summed E-state index contributed by atoms with van der Waals surface area (Å²) >= 11 is 0. The van der Waals surface area contributed by atoms with Crippen molar-refractivity contribution in [2.45, 2.75) is 31.7 Å². The van der Waals surface area contributed by atoms with Gasteiger partial charge in [0.1, 0.15) is 5.75 Å². The predicted octanol–water partition coefficient (Wildman–Crippen LogP) is 3.02. The van der Waals surface area contributed by atoms with Gasteiger partial charge in [-0.05, 0) is 48.9 Å². The Morgan fingerprint density at radius 2 is 1.90 bits per heavy atom. The van der Waals surface area contributed by atoms with Gasteiger partial charge >= 0.3 is 0 Å². The van der Waals surface area contributed by atoms with Crippen molar-refractivity contribution in [1.82, 2.24) is 15.0 Å². The minimum atomic E-state index is -3.91. The fourth-order valence-corrected chi connectivity index (χ4v) is 4.22. The molecule has 0 saturated heterocycles. The molecule has 31 heavy (non-hydrogen) atoms. The van der Waals surface area contributed by atoms with E-state index < -0.39 is 10.0 Å². The van der Waals surface area contributed by atoms with Crippen LogP contribution in [-0.4, -0.2) is 43.5 Å². The molecule has 3 rings (SSSR count). The van der Waals surface area contributed by atoms with Crippen LogP contribution in [0.25, 0.3) is 0 Å². The number of amides is 1. The highest BCUT2D eigenvalue weighted by Crippen LogP contribution is 2.23. The van der Waals surface area contributed by atoms with Gasteiger partial charge in [0.05, 0.1) is 18.6 Å². The van der Waals surface area contributed by atoms with Crippen LogP contribution < -0.4 is 9.46 Å². The third kappa shape index (κ3) is 5.21. The molecule has 0 aliphatic carbocycles. The molecule has 0 atom stereocenters. The quantitative estimate of drug-likeness (QED) is 0.568. The lowest BCUT2D eigenvalue weighted by atomic mass is 10.1. The molecule has 9 nitrogen and oxygen atoms in total. The first-order valence-corrected chi connectivity index (χ1v) is 11.1. The third-order valence-electron chi connectivity index (χ3n) is 4.61. The maximum Gasteiger partial charge on any atom is 0.262 e. The molecule has 0 unspecified atom stereocenters. The molecule has 0 aliphatic heterocycles. The molecule has 0 aliphatic rings. The lowest BCUT2D eigenvalue weighted by Gasteiger charge is -2.16. The smallest absolute Gasteiger partial charge is 0.262 e. The van der Waals surface area contributed by atoms with Gasteiger partial charge in [-0.2, -0.15) is 4.98 Å². The Hall–Kier alpha value is -3.40. The van der Waals surface area contributed by atoms with E-state index in [0.29, 0.717) is 35.1 Å². The lowest BCUT2D eigenvalue weighted by Crippen LogP contribution is -2.27. The number of nitrogens with one attached hydrogen (secondary N) is 1. The Labute approximate surface area is 181 Å². The Bertz CT molecular complexity index is 1170. The Morgan fingerprint density at radius 1 is 1.19 bits per heavy atom. The van der Waals surface area contributed by atoms with Crippen molar-refractivity contribution >= 4 is 21.6 Å². The van der Waals surface area contributed by atoms with Crippen LogP contribution in [-0.2, 0) is 23.0 Å². The number of ether oxygens (including phenoxy) is 1. The maximum absolute atomic E-state index is 12.9. The molecule has 1 amide bonds. The normalized spacial score (nSPS) is 11.2. The number of sulfonamides is 1. The summed E-state index contributed by atoms with van der Waals surface area (Å²) in [5.41, 5.74) is 1.14. The fraction of sp³-hybridized carbons (Fsp3) is 0.286. The number of carbonyl (C=O) groups excluding carboxylic acids is 1. The SMILES string of the molecule is CCc1noc(CN(C)C(=O)c2ccc(C)c(S(=O)(=O)Nc3ccc(OC)cc3)c2)n1. The second-order valence-corrected chi connectivity index (χ2v) is 8.58. The van der Waals surface area contributed by atoms with Crippen molar-refractivity contribution in [1.29, 1.82) is 0 Å². The average molecular weight is 445 g/mol. The summed E-state index contributed by atoms with van der Waals surface area (Å²) in [6.45, 7) is 3.69. The molecular formula is C21H24N4O5S. The molecule has 0 fully saturated rings. The molecule has 164 valence electrons. The van der Waals surface area contributed by atoms with E-state index in [4.69, 9.17) is 9.26 Å². The second-order valence-electron chi connectivity index (χ2n) is 6.93. The van der Waals surface area contributed by atoms with Crippen LogP contribution in [0.5, 0.6) is 5.75 Å². The summed E-state index contributed by atoms with van der Waals surface area (Å²) in [5, 5.41) is 3.81. The van der Waals surface area contributed by atoms with Gasteiger partial charge in [-0.3, -0.25) is 9.52 Å². The first-order valence-electron chi connectivity index (χ1n) is 9.58. The predicted molar refractivity (Wildman–Crippen MR) is 114 cm³/mol. The number of rotatable bonds is 8. The summed E-state index contributed by atoms with van der Waals surface area (Å²) < 4.78 is 38.6. The fourth-order valence-electron chi connectivity index (χ4n) is 2.88. The Balaban J connectivity index is 1.81. The van der Waals surface area contributed by atoms with Crippen LogP contribution in [0.1, 0.15) is 34.6 Å². The first kappa shape index (κ1) is 22.3. The van der Waals surface area contributed by atoms with E-state index in [2.05, 4.69) is 14.9 Å². The molecule has 10 heteroatoms. The molecule has 1 aromatic heterocycles. The maximum atomic E-state index is 12.9. The number of anilines is 1. The third-order valence-corrected chi connectivity index (χ3v) is 6.14. The number of methoxy groups -OCH3 is 1. The van der Waals surface area contributed by atoms with Gasteiger partial charge in [0.25, 0.3) is 15.9 Å². The van der Waals surface area contributed by atoms with Crippen LogP contribution in [0.4, 0.5) is 5.69 Å². The van der Waals surface area contributed by atoms with Crippen molar-refractivity contribution < 1.29 is 22.5 Å². The van der Waals surface area contributed by atoms with Crippen LogP contribution >= 0.6 is 0 Å². The van der Waals surface area contributed by atoms with Crippen molar-refractivity contribution in [2.24, 2.45) is 0 Å². The van der Waals surface area contributed by atoms with Crippen molar-refractivity contribution in [3.63, 3.8) is 0 Å². The average Bonchev–Trinajstić information content (AvgIpc) is 3.21. The van der Waals surface area contributed by atoms with E-state index in [9.17, 15) is 13.2 Å². The summed E-state index contributed by atoms with van der Waals surface area (Å²) in [5.74, 6) is 1.12. The van der Waals surface area contributed by atoms with Crippen molar-refractivity contribution in [3.05, 3.63) is 65.3 Å². The second kappa shape index (κ2) is 9.17. The summed E-state index contributed by atoms with van der Waals surface area (Å²) in [7, 11) is -0.791. The number of benzene rings is 2. The van der Waals surface area contributed by atoms with Gasteiger partial charge in [-0.1, -0.05) is 18.1 Å². The monoisotopic (exact) mass is 444 g/mol. The zero-order valence-electron chi connectivity index (χ0n) is 17.7. The van der Waals surface area contributed by atoms with Crippen LogP contribution in [0.2, 0.25) is 0 Å². The van der Waals surface area contributed by atoms with E-state index in [1.807, 2.05) is 6.92 Å². The van der Waals surface area contributed by atoms with E-state index >= 15 is 0 Å². The molecule has 0 saturated carbocycles. The van der Waals surface area contributed by atoms with E-state index in [0.717, 1.165) is 0 Å². The Morgan fingerprint density at radius 3 is 2.52 bits per heavy atom. The molecule has 0 radical (unpaired) electrons. The minimum absolute atomic E-state index is 0.0219. The zero-order valence-corrected chi connectivity index (χ0v) is 18.6. The largest absolute Gasteiger partial charge is 0.497 e. The summed E-state index contributed by atoms with van der Waals surface area (Å²) in [6.07, 6.45) is 0.627. The van der Waals surface area contributed by atoms with Crippen molar-refractivity contribution in [2.75, 3.05) is 18.9 Å². The lowest BCUT2D eigenvalue weighted by molar-refractivity contribution is 0.0769. The minimum Gasteiger partial charge on any atom is -0.497 e.